The largest absolute Gasteiger partial charge is 0.453 e. The van der Waals surface area contributed by atoms with E-state index in [0.29, 0.717) is 11.1 Å². The Kier molecular flexibility index (Phi) is 6.95. The highest BCUT2D eigenvalue weighted by molar-refractivity contribution is 7.92. The normalized spacial score (nSPS) is 12.4. The fourth-order valence-corrected chi connectivity index (χ4v) is 4.52. The molecule has 6 nitrogen and oxygen atoms in total. The molecule has 0 aliphatic carbocycles. The molecule has 30 heavy (non-hydrogen) atoms. The van der Waals surface area contributed by atoms with Crippen molar-refractivity contribution in [3.05, 3.63) is 52.3 Å². The molecule has 1 aromatic carbocycles. The van der Waals surface area contributed by atoms with E-state index in [-0.39, 0.29) is 23.3 Å². The molecule has 0 atom stereocenters. The Labute approximate surface area is 178 Å². The second-order valence-corrected chi connectivity index (χ2v) is 10.7. The van der Waals surface area contributed by atoms with E-state index in [1.165, 1.54) is 26.2 Å². The first kappa shape index (κ1) is 23.8. The molecule has 0 aliphatic rings. The van der Waals surface area contributed by atoms with Crippen molar-refractivity contribution in [3.8, 4) is 6.07 Å². The SMILES string of the molecule is CC(C)c1cc(C#N)cc(C(C)C)c1CC(=O)CS(=O)(=O)c1cc(C(C)(C)O)co1. The third-order valence-corrected chi connectivity index (χ3v) is 6.53. The molecule has 0 spiro atoms. The molecule has 7 heteroatoms. The van der Waals surface area contributed by atoms with Crippen molar-refractivity contribution in [3.63, 3.8) is 0 Å². The topological polar surface area (TPSA) is 108 Å². The molecule has 0 radical (unpaired) electrons. The van der Waals surface area contributed by atoms with E-state index >= 15 is 0 Å². The summed E-state index contributed by atoms with van der Waals surface area (Å²) < 4.78 is 30.5. The van der Waals surface area contributed by atoms with E-state index < -0.39 is 27.0 Å². The van der Waals surface area contributed by atoms with Gasteiger partial charge in [0.2, 0.25) is 14.9 Å². The van der Waals surface area contributed by atoms with Crippen LogP contribution in [0.3, 0.4) is 0 Å². The number of ketones is 1. The van der Waals surface area contributed by atoms with Gasteiger partial charge in [0.25, 0.3) is 0 Å². The number of benzene rings is 1. The number of hydrogen-bond donors (Lipinski definition) is 1. The van der Waals surface area contributed by atoms with E-state index in [0.717, 1.165) is 16.7 Å². The standard InChI is InChI=1S/C23H29NO5S/c1-14(2)19-7-16(11-24)8-20(15(3)4)21(19)10-18(25)13-30(27,28)22-9-17(12-29-22)23(5,6)26/h7-9,12,14-15,26H,10,13H2,1-6H3. The lowest BCUT2D eigenvalue weighted by molar-refractivity contribution is -0.116. The predicted octanol–water partition coefficient (Wildman–Crippen LogP) is 4.21. The van der Waals surface area contributed by atoms with Crippen molar-refractivity contribution in [1.82, 2.24) is 0 Å². The molecule has 1 N–H and O–H groups in total. The van der Waals surface area contributed by atoms with Crippen molar-refractivity contribution in [1.29, 1.82) is 5.26 Å². The molecule has 0 aliphatic heterocycles. The summed E-state index contributed by atoms with van der Waals surface area (Å²) in [5, 5.41) is 19.0. The van der Waals surface area contributed by atoms with Crippen LogP contribution in [0.15, 0.2) is 34.0 Å². The van der Waals surface area contributed by atoms with Gasteiger partial charge in [0, 0.05) is 18.1 Å². The summed E-state index contributed by atoms with van der Waals surface area (Å²) in [5.41, 5.74) is 2.15. The summed E-state index contributed by atoms with van der Waals surface area (Å²) in [6, 6.07) is 6.96. The fourth-order valence-electron chi connectivity index (χ4n) is 3.35. The lowest BCUT2D eigenvalue weighted by atomic mass is 9.85. The second-order valence-electron chi connectivity index (χ2n) is 8.74. The molecule has 0 saturated carbocycles. The number of nitrogens with zero attached hydrogens (tertiary/aromatic N) is 1. The molecule has 1 aromatic heterocycles. The van der Waals surface area contributed by atoms with E-state index in [1.807, 2.05) is 27.7 Å². The highest BCUT2D eigenvalue weighted by atomic mass is 32.2. The summed E-state index contributed by atoms with van der Waals surface area (Å²) in [6.07, 6.45) is 1.15. The van der Waals surface area contributed by atoms with Crippen LogP contribution in [-0.4, -0.2) is 25.1 Å². The van der Waals surface area contributed by atoms with Crippen LogP contribution in [0.5, 0.6) is 0 Å². The van der Waals surface area contributed by atoms with Crippen LogP contribution >= 0.6 is 0 Å². The van der Waals surface area contributed by atoms with Gasteiger partial charge in [-0.2, -0.15) is 5.26 Å². The number of aliphatic hydroxyl groups is 1. The van der Waals surface area contributed by atoms with Gasteiger partial charge in [-0.3, -0.25) is 4.79 Å². The second kappa shape index (κ2) is 8.75. The van der Waals surface area contributed by atoms with Gasteiger partial charge in [-0.25, -0.2) is 8.42 Å². The number of sulfone groups is 1. The first-order valence-corrected chi connectivity index (χ1v) is 11.5. The third-order valence-electron chi connectivity index (χ3n) is 5.01. The molecular weight excluding hydrogens is 402 g/mol. The van der Waals surface area contributed by atoms with E-state index in [9.17, 15) is 23.6 Å². The minimum absolute atomic E-state index is 0.0367. The van der Waals surface area contributed by atoms with Crippen LogP contribution < -0.4 is 0 Å². The maximum atomic E-state index is 12.8. The Bertz CT molecular complexity index is 1050. The zero-order valence-electron chi connectivity index (χ0n) is 18.3. The summed E-state index contributed by atoms with van der Waals surface area (Å²) in [7, 11) is -3.98. The molecular formula is C23H29NO5S. The van der Waals surface area contributed by atoms with Crippen LogP contribution in [-0.2, 0) is 26.7 Å². The highest BCUT2D eigenvalue weighted by Gasteiger charge is 2.28. The Morgan fingerprint density at radius 2 is 1.67 bits per heavy atom. The van der Waals surface area contributed by atoms with Gasteiger partial charge in [-0.05, 0) is 54.5 Å². The molecule has 1 heterocycles. The minimum Gasteiger partial charge on any atom is -0.453 e. The summed E-state index contributed by atoms with van der Waals surface area (Å²) in [5.74, 6) is -0.991. The van der Waals surface area contributed by atoms with E-state index in [4.69, 9.17) is 4.42 Å². The van der Waals surface area contributed by atoms with E-state index in [2.05, 4.69) is 6.07 Å². The van der Waals surface area contributed by atoms with Crippen molar-refractivity contribution < 1.29 is 22.7 Å². The molecule has 162 valence electrons. The van der Waals surface area contributed by atoms with Crippen LogP contribution in [0.2, 0.25) is 0 Å². The van der Waals surface area contributed by atoms with Gasteiger partial charge in [0.05, 0.1) is 23.5 Å². The zero-order chi connectivity index (χ0) is 22.9. The molecule has 0 fully saturated rings. The fraction of sp³-hybridized carbons (Fsp3) is 0.478. The number of Topliss-reactive ketones (excluding diaryl/α,β-unsaturated/α-hetero) is 1. The Morgan fingerprint density at radius 3 is 2.07 bits per heavy atom. The highest BCUT2D eigenvalue weighted by Crippen LogP contribution is 2.31. The summed E-state index contributed by atoms with van der Waals surface area (Å²) in [6.45, 7) is 11.0. The number of hydrogen-bond acceptors (Lipinski definition) is 6. The number of furan rings is 1. The monoisotopic (exact) mass is 431 g/mol. The van der Waals surface area contributed by atoms with Crippen LogP contribution in [0, 0.1) is 11.3 Å². The number of carbonyl (C=O) groups excluding carboxylic acids is 1. The molecule has 0 unspecified atom stereocenters. The number of rotatable bonds is 8. The van der Waals surface area contributed by atoms with Crippen molar-refractivity contribution in [2.24, 2.45) is 0 Å². The first-order chi connectivity index (χ1) is 13.8. The van der Waals surface area contributed by atoms with Crippen LogP contribution in [0.25, 0.3) is 0 Å². The summed E-state index contributed by atoms with van der Waals surface area (Å²) >= 11 is 0. The van der Waals surface area contributed by atoms with E-state index in [1.54, 1.807) is 12.1 Å². The van der Waals surface area contributed by atoms with Crippen molar-refractivity contribution in [2.75, 3.05) is 5.75 Å². The maximum Gasteiger partial charge on any atom is 0.218 e. The molecule has 2 rings (SSSR count). The smallest absolute Gasteiger partial charge is 0.218 e. The van der Waals surface area contributed by atoms with Crippen LogP contribution in [0.4, 0.5) is 0 Å². The average molecular weight is 432 g/mol. The van der Waals surface area contributed by atoms with Gasteiger partial charge in [0.1, 0.15) is 5.75 Å². The lowest BCUT2D eigenvalue weighted by Crippen LogP contribution is -2.20. The Balaban J connectivity index is 2.36. The average Bonchev–Trinajstić information content (AvgIpc) is 3.12. The van der Waals surface area contributed by atoms with Gasteiger partial charge < -0.3 is 9.52 Å². The molecule has 0 saturated heterocycles. The quantitative estimate of drug-likeness (QED) is 0.671. The third kappa shape index (κ3) is 5.38. The van der Waals surface area contributed by atoms with Crippen molar-refractivity contribution in [2.45, 2.75) is 70.5 Å². The van der Waals surface area contributed by atoms with Gasteiger partial charge >= 0.3 is 0 Å². The molecule has 0 bridgehead atoms. The van der Waals surface area contributed by atoms with Crippen molar-refractivity contribution >= 4 is 15.6 Å². The maximum absolute atomic E-state index is 12.8. The predicted molar refractivity (Wildman–Crippen MR) is 114 cm³/mol. The Morgan fingerprint density at radius 1 is 1.13 bits per heavy atom. The van der Waals surface area contributed by atoms with Crippen LogP contribution in [0.1, 0.15) is 81.2 Å². The van der Waals surface area contributed by atoms with Gasteiger partial charge in [-0.1, -0.05) is 27.7 Å². The summed E-state index contributed by atoms with van der Waals surface area (Å²) in [4.78, 5) is 12.8. The minimum atomic E-state index is -3.98. The Hall–Kier alpha value is -2.43. The number of carbonyl (C=O) groups is 1. The first-order valence-electron chi connectivity index (χ1n) is 9.89. The zero-order valence-corrected chi connectivity index (χ0v) is 19.1. The van der Waals surface area contributed by atoms with Gasteiger partial charge in [-0.15, -0.1) is 0 Å². The lowest BCUT2D eigenvalue weighted by Gasteiger charge is -2.20. The number of nitriles is 1. The molecule has 2 aromatic rings. The molecule has 0 amide bonds. The van der Waals surface area contributed by atoms with Gasteiger partial charge in [0.15, 0.2) is 5.78 Å².